The second kappa shape index (κ2) is 5.83. The van der Waals surface area contributed by atoms with E-state index < -0.39 is 0 Å². The Hall–Kier alpha value is -1.61. The maximum Gasteiger partial charge on any atom is 0.159 e. The molecule has 18 heavy (non-hydrogen) atoms. The molecule has 4 heteroatoms. The smallest absolute Gasteiger partial charge is 0.159 e. The predicted molar refractivity (Wildman–Crippen MR) is 72.9 cm³/mol. The lowest BCUT2D eigenvalue weighted by atomic mass is 10.2. The molecule has 0 N–H and O–H groups in total. The summed E-state index contributed by atoms with van der Waals surface area (Å²) in [4.78, 5) is 8.85. The molecule has 0 unspecified atom stereocenters. The van der Waals surface area contributed by atoms with Gasteiger partial charge >= 0.3 is 0 Å². The topological polar surface area (TPSA) is 35.0 Å². The first-order valence-corrected chi connectivity index (χ1v) is 6.40. The Morgan fingerprint density at radius 2 is 2.06 bits per heavy atom. The molecule has 0 radical (unpaired) electrons. The Morgan fingerprint density at radius 3 is 2.78 bits per heavy atom. The van der Waals surface area contributed by atoms with Crippen LogP contribution in [0.2, 0.25) is 0 Å². The van der Waals surface area contributed by atoms with Crippen LogP contribution in [0.5, 0.6) is 5.75 Å². The third-order valence-corrected chi connectivity index (χ3v) is 2.72. The lowest BCUT2D eigenvalue weighted by Gasteiger charge is -2.07. The van der Waals surface area contributed by atoms with E-state index in [2.05, 4.69) is 9.97 Å². The number of halogens is 1. The molecule has 1 aromatic carbocycles. The van der Waals surface area contributed by atoms with E-state index in [1.807, 2.05) is 44.2 Å². The summed E-state index contributed by atoms with van der Waals surface area (Å²) < 4.78 is 5.47. The van der Waals surface area contributed by atoms with Gasteiger partial charge in [-0.1, -0.05) is 12.1 Å². The standard InChI is InChI=1S/C14H15ClN2O/c1-3-18-13-6-4-5-11(8-13)14-16-10(2)7-12(9-15)17-14/h4-8H,3,9H2,1-2H3. The minimum atomic E-state index is 0.390. The van der Waals surface area contributed by atoms with Crippen LogP contribution in [0.3, 0.4) is 0 Å². The van der Waals surface area contributed by atoms with Crippen molar-refractivity contribution in [1.82, 2.24) is 9.97 Å². The zero-order valence-electron chi connectivity index (χ0n) is 10.5. The summed E-state index contributed by atoms with van der Waals surface area (Å²) in [6.07, 6.45) is 0. The van der Waals surface area contributed by atoms with E-state index >= 15 is 0 Å². The lowest BCUT2D eigenvalue weighted by molar-refractivity contribution is 0.340. The average Bonchev–Trinajstić information content (AvgIpc) is 2.39. The first-order valence-electron chi connectivity index (χ1n) is 5.86. The Kier molecular flexibility index (Phi) is 4.15. The average molecular weight is 263 g/mol. The van der Waals surface area contributed by atoms with Gasteiger partial charge in [0.15, 0.2) is 5.82 Å². The summed E-state index contributed by atoms with van der Waals surface area (Å²) in [5.41, 5.74) is 2.69. The lowest BCUT2D eigenvalue weighted by Crippen LogP contribution is -1.97. The first kappa shape index (κ1) is 12.8. The highest BCUT2D eigenvalue weighted by molar-refractivity contribution is 6.16. The van der Waals surface area contributed by atoms with Crippen LogP contribution in [0, 0.1) is 6.92 Å². The summed E-state index contributed by atoms with van der Waals surface area (Å²) in [6.45, 7) is 4.54. The molecule has 2 rings (SSSR count). The number of hydrogen-bond donors (Lipinski definition) is 0. The Labute approximate surface area is 112 Å². The van der Waals surface area contributed by atoms with Gasteiger partial charge in [0.1, 0.15) is 5.75 Å². The van der Waals surface area contributed by atoms with Gasteiger partial charge in [-0.2, -0.15) is 0 Å². The molecule has 0 aliphatic heterocycles. The van der Waals surface area contributed by atoms with Gasteiger partial charge in [0.25, 0.3) is 0 Å². The van der Waals surface area contributed by atoms with Gasteiger partial charge < -0.3 is 4.74 Å². The van der Waals surface area contributed by atoms with E-state index in [0.29, 0.717) is 18.3 Å². The Balaban J connectivity index is 2.41. The van der Waals surface area contributed by atoms with Crippen molar-refractivity contribution in [2.75, 3.05) is 6.61 Å². The number of aryl methyl sites for hydroxylation is 1. The summed E-state index contributed by atoms with van der Waals surface area (Å²) in [6, 6.07) is 9.66. The zero-order valence-corrected chi connectivity index (χ0v) is 11.2. The minimum Gasteiger partial charge on any atom is -0.494 e. The fourth-order valence-electron chi connectivity index (χ4n) is 1.72. The van der Waals surface area contributed by atoms with Gasteiger partial charge in [0, 0.05) is 11.3 Å². The molecule has 2 aromatic rings. The van der Waals surface area contributed by atoms with E-state index in [1.165, 1.54) is 0 Å². The van der Waals surface area contributed by atoms with Crippen LogP contribution in [0.1, 0.15) is 18.3 Å². The van der Waals surface area contributed by atoms with E-state index in [4.69, 9.17) is 16.3 Å². The summed E-state index contributed by atoms with van der Waals surface area (Å²) in [5.74, 6) is 1.90. The van der Waals surface area contributed by atoms with Crippen molar-refractivity contribution in [3.05, 3.63) is 41.7 Å². The SMILES string of the molecule is CCOc1cccc(-c2nc(C)cc(CCl)n2)c1. The van der Waals surface area contributed by atoms with Crippen molar-refractivity contribution in [2.24, 2.45) is 0 Å². The van der Waals surface area contributed by atoms with Crippen LogP contribution < -0.4 is 4.74 Å². The molecule has 0 saturated carbocycles. The normalized spacial score (nSPS) is 10.4. The number of benzene rings is 1. The van der Waals surface area contributed by atoms with Gasteiger partial charge in [0.2, 0.25) is 0 Å². The molecule has 0 atom stereocenters. The molecular formula is C14H15ClN2O. The summed E-state index contributed by atoms with van der Waals surface area (Å²) >= 11 is 5.82. The van der Waals surface area contributed by atoms with Gasteiger partial charge in [-0.3, -0.25) is 0 Å². The third-order valence-electron chi connectivity index (χ3n) is 2.45. The minimum absolute atomic E-state index is 0.390. The van der Waals surface area contributed by atoms with E-state index in [1.54, 1.807) is 0 Å². The fourth-order valence-corrected chi connectivity index (χ4v) is 1.86. The quantitative estimate of drug-likeness (QED) is 0.790. The fraction of sp³-hybridized carbons (Fsp3) is 0.286. The third kappa shape index (κ3) is 2.99. The summed E-state index contributed by atoms with van der Waals surface area (Å²) in [7, 11) is 0. The number of nitrogens with zero attached hydrogens (tertiary/aromatic N) is 2. The van der Waals surface area contributed by atoms with Crippen molar-refractivity contribution in [1.29, 1.82) is 0 Å². The van der Waals surface area contributed by atoms with E-state index in [-0.39, 0.29) is 0 Å². The largest absolute Gasteiger partial charge is 0.494 e. The maximum absolute atomic E-state index is 5.82. The van der Waals surface area contributed by atoms with Gasteiger partial charge in [-0.25, -0.2) is 9.97 Å². The van der Waals surface area contributed by atoms with Crippen LogP contribution in [0.15, 0.2) is 30.3 Å². The van der Waals surface area contributed by atoms with Crippen LogP contribution in [0.4, 0.5) is 0 Å². The molecule has 1 aromatic heterocycles. The van der Waals surface area contributed by atoms with Gasteiger partial charge in [-0.05, 0) is 32.0 Å². The van der Waals surface area contributed by atoms with Crippen LogP contribution in [0.25, 0.3) is 11.4 Å². The molecule has 3 nitrogen and oxygen atoms in total. The highest BCUT2D eigenvalue weighted by atomic mass is 35.5. The first-order chi connectivity index (χ1) is 8.72. The Bertz CT molecular complexity index is 543. The number of ether oxygens (including phenoxy) is 1. The molecule has 0 amide bonds. The molecule has 0 aliphatic carbocycles. The molecule has 94 valence electrons. The van der Waals surface area contributed by atoms with Crippen molar-refractivity contribution < 1.29 is 4.74 Å². The van der Waals surface area contributed by atoms with Crippen LogP contribution in [-0.2, 0) is 5.88 Å². The molecule has 1 heterocycles. The van der Waals surface area contributed by atoms with E-state index in [9.17, 15) is 0 Å². The monoisotopic (exact) mass is 262 g/mol. The second-order valence-electron chi connectivity index (χ2n) is 3.92. The van der Waals surface area contributed by atoms with Gasteiger partial charge in [0.05, 0.1) is 18.2 Å². The van der Waals surface area contributed by atoms with Crippen LogP contribution in [-0.4, -0.2) is 16.6 Å². The number of rotatable bonds is 4. The van der Waals surface area contributed by atoms with Crippen molar-refractivity contribution in [3.8, 4) is 17.1 Å². The molecule has 0 saturated heterocycles. The van der Waals surface area contributed by atoms with Crippen LogP contribution >= 0.6 is 11.6 Å². The second-order valence-corrected chi connectivity index (χ2v) is 4.19. The number of aromatic nitrogens is 2. The highest BCUT2D eigenvalue weighted by Gasteiger charge is 2.05. The van der Waals surface area contributed by atoms with E-state index in [0.717, 1.165) is 22.7 Å². The number of alkyl halides is 1. The Morgan fingerprint density at radius 1 is 1.22 bits per heavy atom. The number of hydrogen-bond acceptors (Lipinski definition) is 3. The highest BCUT2D eigenvalue weighted by Crippen LogP contribution is 2.21. The molecule has 0 spiro atoms. The van der Waals surface area contributed by atoms with Gasteiger partial charge in [-0.15, -0.1) is 11.6 Å². The maximum atomic E-state index is 5.82. The predicted octanol–water partition coefficient (Wildman–Crippen LogP) is 3.59. The molecular weight excluding hydrogens is 248 g/mol. The molecule has 0 fully saturated rings. The van der Waals surface area contributed by atoms with Crippen molar-refractivity contribution in [3.63, 3.8) is 0 Å². The molecule has 0 aliphatic rings. The summed E-state index contributed by atoms with van der Waals surface area (Å²) in [5, 5.41) is 0. The molecule has 0 bridgehead atoms. The van der Waals surface area contributed by atoms with Crippen molar-refractivity contribution in [2.45, 2.75) is 19.7 Å². The zero-order chi connectivity index (χ0) is 13.0. The van der Waals surface area contributed by atoms with Crippen molar-refractivity contribution >= 4 is 11.6 Å².